The molecule has 3 heterocycles. The molecule has 2 aromatic rings. The molecule has 2 atom stereocenters. The van der Waals surface area contributed by atoms with E-state index in [0.717, 1.165) is 18.2 Å². The molecule has 1 unspecified atom stereocenters. The Kier molecular flexibility index (Phi) is 4.96. The Bertz CT molecular complexity index is 1060. The molecule has 0 bridgehead atoms. The Morgan fingerprint density at radius 3 is 2.03 bits per heavy atom. The second-order valence-corrected chi connectivity index (χ2v) is 8.53. The molecule has 1 spiro atoms. The van der Waals surface area contributed by atoms with Crippen LogP contribution in [0.4, 0.5) is 17.6 Å². The van der Waals surface area contributed by atoms with Crippen molar-refractivity contribution in [1.82, 2.24) is 9.80 Å². The smallest absolute Gasteiger partial charge is 0.257 e. The zero-order chi connectivity index (χ0) is 22.6. The van der Waals surface area contributed by atoms with Crippen molar-refractivity contribution >= 4 is 11.8 Å². The van der Waals surface area contributed by atoms with Crippen LogP contribution >= 0.6 is 0 Å². The predicted octanol–water partition coefficient (Wildman–Crippen LogP) is 3.94. The van der Waals surface area contributed by atoms with Gasteiger partial charge in [0.25, 0.3) is 11.8 Å². The van der Waals surface area contributed by atoms with Crippen molar-refractivity contribution in [2.45, 2.75) is 43.6 Å². The Labute approximate surface area is 181 Å². The first-order chi connectivity index (χ1) is 15.3. The van der Waals surface area contributed by atoms with Gasteiger partial charge in [0.15, 0.2) is 5.60 Å². The summed E-state index contributed by atoms with van der Waals surface area (Å²) in [6.45, 7) is 0.366. The number of piperidine rings is 1. The number of ether oxygens (including phenoxy) is 1. The van der Waals surface area contributed by atoms with Crippen LogP contribution in [0.15, 0.2) is 36.4 Å². The molecule has 9 heteroatoms. The molecule has 0 radical (unpaired) electrons. The van der Waals surface area contributed by atoms with Crippen LogP contribution < -0.4 is 0 Å². The summed E-state index contributed by atoms with van der Waals surface area (Å²) in [6, 6.07) is 5.42. The normalized spacial score (nSPS) is 24.3. The molecule has 3 saturated heterocycles. The number of carbonyl (C=O) groups excluding carboxylic acids is 2. The van der Waals surface area contributed by atoms with Crippen molar-refractivity contribution in [2.75, 3.05) is 13.1 Å². The number of benzene rings is 2. The number of carbonyl (C=O) groups is 2. The van der Waals surface area contributed by atoms with Gasteiger partial charge < -0.3 is 14.5 Å². The summed E-state index contributed by atoms with van der Waals surface area (Å²) in [5, 5.41) is 0. The molecule has 3 aliphatic rings. The van der Waals surface area contributed by atoms with Gasteiger partial charge in [-0.25, -0.2) is 17.6 Å². The van der Waals surface area contributed by atoms with Crippen molar-refractivity contribution in [1.29, 1.82) is 0 Å². The van der Waals surface area contributed by atoms with E-state index < -0.39 is 47.0 Å². The summed E-state index contributed by atoms with van der Waals surface area (Å²) in [7, 11) is 0. The topological polar surface area (TPSA) is 49.9 Å². The van der Waals surface area contributed by atoms with Crippen molar-refractivity contribution < 1.29 is 31.9 Å². The van der Waals surface area contributed by atoms with Crippen LogP contribution in [0.3, 0.4) is 0 Å². The van der Waals surface area contributed by atoms with Gasteiger partial charge in [-0.3, -0.25) is 9.59 Å². The molecule has 2 amide bonds. The van der Waals surface area contributed by atoms with Gasteiger partial charge in [0.1, 0.15) is 29.5 Å². The third-order valence-electron chi connectivity index (χ3n) is 6.56. The molecule has 0 aromatic heterocycles. The van der Waals surface area contributed by atoms with E-state index in [9.17, 15) is 27.2 Å². The van der Waals surface area contributed by atoms with Crippen molar-refractivity contribution in [3.05, 3.63) is 70.8 Å². The van der Waals surface area contributed by atoms with Crippen molar-refractivity contribution in [3.63, 3.8) is 0 Å². The maximum atomic E-state index is 13.7. The van der Waals surface area contributed by atoms with E-state index in [1.165, 1.54) is 17.0 Å². The highest BCUT2D eigenvalue weighted by molar-refractivity contribution is 5.95. The highest BCUT2D eigenvalue weighted by Gasteiger charge is 2.58. The van der Waals surface area contributed by atoms with Gasteiger partial charge in [0.2, 0.25) is 0 Å². The average molecular weight is 448 g/mol. The van der Waals surface area contributed by atoms with Gasteiger partial charge >= 0.3 is 0 Å². The summed E-state index contributed by atoms with van der Waals surface area (Å²) in [6.07, 6.45) is 1.05. The fourth-order valence-electron chi connectivity index (χ4n) is 5.07. The fourth-order valence-corrected chi connectivity index (χ4v) is 5.07. The molecule has 3 aliphatic heterocycles. The van der Waals surface area contributed by atoms with Gasteiger partial charge in [-0.1, -0.05) is 0 Å². The quantitative estimate of drug-likeness (QED) is 0.654. The molecule has 32 heavy (non-hydrogen) atoms. The van der Waals surface area contributed by atoms with Gasteiger partial charge in [0, 0.05) is 43.6 Å². The highest BCUT2D eigenvalue weighted by atomic mass is 19.1. The van der Waals surface area contributed by atoms with E-state index in [1.54, 1.807) is 4.90 Å². The number of halogens is 4. The lowest BCUT2D eigenvalue weighted by atomic mass is 9.89. The standard InChI is InChI=1S/C23H20F4N2O3/c24-15-7-13(8-16(25)11-15)19-1-2-20-29(19)22(31)23(32-20)3-5-28(6-4-23)21(30)14-9-17(26)12-18(27)10-14/h7-12,19-20H,1-6H2/t19-,20?/m0/s1. The van der Waals surface area contributed by atoms with E-state index in [0.29, 0.717) is 24.5 Å². The first kappa shape index (κ1) is 20.9. The minimum Gasteiger partial charge on any atom is -0.342 e. The molecule has 0 aliphatic carbocycles. The Morgan fingerprint density at radius 1 is 0.875 bits per heavy atom. The molecule has 2 aromatic carbocycles. The van der Waals surface area contributed by atoms with Crippen LogP contribution in [0.2, 0.25) is 0 Å². The van der Waals surface area contributed by atoms with E-state index in [-0.39, 0.29) is 37.4 Å². The minimum absolute atomic E-state index is 0.0917. The highest BCUT2D eigenvalue weighted by Crippen LogP contribution is 2.47. The first-order valence-electron chi connectivity index (χ1n) is 10.5. The number of fused-ring (bicyclic) bond motifs is 1. The van der Waals surface area contributed by atoms with E-state index >= 15 is 0 Å². The van der Waals surface area contributed by atoms with Crippen molar-refractivity contribution in [3.8, 4) is 0 Å². The monoisotopic (exact) mass is 448 g/mol. The summed E-state index contributed by atoms with van der Waals surface area (Å²) in [5.41, 5.74) is -0.815. The number of hydrogen-bond acceptors (Lipinski definition) is 3. The van der Waals surface area contributed by atoms with Gasteiger partial charge in [-0.2, -0.15) is 0 Å². The lowest BCUT2D eigenvalue weighted by Gasteiger charge is -2.37. The van der Waals surface area contributed by atoms with E-state index in [2.05, 4.69) is 0 Å². The summed E-state index contributed by atoms with van der Waals surface area (Å²) >= 11 is 0. The Balaban J connectivity index is 1.32. The lowest BCUT2D eigenvalue weighted by molar-refractivity contribution is -0.142. The fraction of sp³-hybridized carbons (Fsp3) is 0.391. The second-order valence-electron chi connectivity index (χ2n) is 8.53. The first-order valence-corrected chi connectivity index (χ1v) is 10.5. The number of rotatable bonds is 2. The summed E-state index contributed by atoms with van der Waals surface area (Å²) in [4.78, 5) is 29.0. The number of hydrogen-bond donors (Lipinski definition) is 0. The lowest BCUT2D eigenvalue weighted by Crippen LogP contribution is -2.51. The van der Waals surface area contributed by atoms with Crippen LogP contribution in [0.25, 0.3) is 0 Å². The molecular formula is C23H20F4N2O3. The molecule has 5 nitrogen and oxygen atoms in total. The molecule has 0 saturated carbocycles. The SMILES string of the molecule is O=C(c1cc(F)cc(F)c1)N1CCC2(CC1)OC1CC[C@@H](c3cc(F)cc(F)c3)N1C2=O. The third-order valence-corrected chi connectivity index (χ3v) is 6.56. The van der Waals surface area contributed by atoms with Crippen LogP contribution in [0.1, 0.15) is 47.6 Å². The van der Waals surface area contributed by atoms with Crippen LogP contribution in [0, 0.1) is 23.3 Å². The number of nitrogens with zero attached hydrogens (tertiary/aromatic N) is 2. The molecule has 3 fully saturated rings. The Morgan fingerprint density at radius 2 is 1.44 bits per heavy atom. The maximum Gasteiger partial charge on any atom is 0.257 e. The van der Waals surface area contributed by atoms with E-state index in [1.807, 2.05) is 0 Å². The average Bonchev–Trinajstić information content (AvgIpc) is 3.25. The zero-order valence-electron chi connectivity index (χ0n) is 17.0. The summed E-state index contributed by atoms with van der Waals surface area (Å²) < 4.78 is 60.5. The number of likely N-dealkylation sites (tertiary alicyclic amines) is 1. The van der Waals surface area contributed by atoms with Gasteiger partial charge in [-0.05, 0) is 42.7 Å². The largest absolute Gasteiger partial charge is 0.342 e. The zero-order valence-corrected chi connectivity index (χ0v) is 17.0. The minimum atomic E-state index is -1.11. The summed E-state index contributed by atoms with van der Waals surface area (Å²) in [5.74, 6) is -3.85. The van der Waals surface area contributed by atoms with Gasteiger partial charge in [0.05, 0.1) is 6.04 Å². The predicted molar refractivity (Wildman–Crippen MR) is 104 cm³/mol. The molecule has 168 valence electrons. The van der Waals surface area contributed by atoms with Gasteiger partial charge in [-0.15, -0.1) is 0 Å². The third kappa shape index (κ3) is 3.44. The molecule has 0 N–H and O–H groups in total. The molecule has 5 rings (SSSR count). The Hall–Kier alpha value is -2.94. The number of amides is 2. The maximum absolute atomic E-state index is 13.7. The van der Waals surface area contributed by atoms with Crippen molar-refractivity contribution in [2.24, 2.45) is 0 Å². The molecular weight excluding hydrogens is 428 g/mol. The van der Waals surface area contributed by atoms with E-state index in [4.69, 9.17) is 4.74 Å². The second kappa shape index (κ2) is 7.58. The van der Waals surface area contributed by atoms with Crippen LogP contribution in [-0.2, 0) is 9.53 Å². The van der Waals surface area contributed by atoms with Crippen LogP contribution in [-0.4, -0.2) is 46.5 Å². The van der Waals surface area contributed by atoms with Crippen LogP contribution in [0.5, 0.6) is 0 Å².